The molecule has 1 aromatic heterocycles. The Bertz CT molecular complexity index is 341. The van der Waals surface area contributed by atoms with Crippen molar-refractivity contribution in [3.63, 3.8) is 0 Å². The van der Waals surface area contributed by atoms with Crippen LogP contribution < -0.4 is 4.90 Å². The molecular formula is C10H13F3N2O. The van der Waals surface area contributed by atoms with Gasteiger partial charge >= 0.3 is 6.18 Å². The van der Waals surface area contributed by atoms with Gasteiger partial charge < -0.3 is 10.0 Å². The topological polar surface area (TPSA) is 36.4 Å². The summed E-state index contributed by atoms with van der Waals surface area (Å²) in [5, 5.41) is 8.88. The fourth-order valence-electron chi connectivity index (χ4n) is 1.30. The highest BCUT2D eigenvalue weighted by Gasteiger charge is 2.30. The van der Waals surface area contributed by atoms with Crippen LogP contribution in [-0.4, -0.2) is 29.4 Å². The summed E-state index contributed by atoms with van der Waals surface area (Å²) in [7, 11) is 0. The third-order valence-electron chi connectivity index (χ3n) is 2.07. The quantitative estimate of drug-likeness (QED) is 0.865. The standard InChI is InChI=1S/C10H13F3N2O/c1-2-15(7-10(11,12)13)9-5-8(6-16)3-4-14-9/h3-5,16H,2,6-7H2,1H3. The minimum Gasteiger partial charge on any atom is -0.392 e. The van der Waals surface area contributed by atoms with Gasteiger partial charge in [-0.2, -0.15) is 13.2 Å². The van der Waals surface area contributed by atoms with Crippen molar-refractivity contribution in [2.75, 3.05) is 18.0 Å². The summed E-state index contributed by atoms with van der Waals surface area (Å²) in [6.07, 6.45) is -2.87. The van der Waals surface area contributed by atoms with Gasteiger partial charge in [-0.25, -0.2) is 4.98 Å². The molecule has 0 unspecified atom stereocenters. The number of rotatable bonds is 4. The summed E-state index contributed by atoms with van der Waals surface area (Å²) in [6.45, 7) is 0.588. The van der Waals surface area contributed by atoms with E-state index in [0.717, 1.165) is 4.90 Å². The summed E-state index contributed by atoms with van der Waals surface area (Å²) >= 11 is 0. The number of aliphatic hydroxyl groups is 1. The zero-order chi connectivity index (χ0) is 12.2. The molecule has 0 aliphatic rings. The number of pyridine rings is 1. The highest BCUT2D eigenvalue weighted by molar-refractivity contribution is 5.40. The third kappa shape index (κ3) is 3.69. The van der Waals surface area contributed by atoms with Crippen molar-refractivity contribution in [1.29, 1.82) is 0 Å². The van der Waals surface area contributed by atoms with Gasteiger partial charge in [0.1, 0.15) is 12.4 Å². The zero-order valence-corrected chi connectivity index (χ0v) is 8.83. The second kappa shape index (κ2) is 5.16. The smallest absolute Gasteiger partial charge is 0.392 e. The molecule has 0 saturated heterocycles. The fourth-order valence-corrected chi connectivity index (χ4v) is 1.30. The number of hydrogen-bond acceptors (Lipinski definition) is 3. The summed E-state index contributed by atoms with van der Waals surface area (Å²) in [5.74, 6) is 0.228. The molecule has 16 heavy (non-hydrogen) atoms. The van der Waals surface area contributed by atoms with Crippen molar-refractivity contribution in [2.45, 2.75) is 19.7 Å². The Morgan fingerprint density at radius 2 is 2.12 bits per heavy atom. The molecule has 1 heterocycles. The largest absolute Gasteiger partial charge is 0.405 e. The van der Waals surface area contributed by atoms with Crippen molar-refractivity contribution in [1.82, 2.24) is 4.98 Å². The molecule has 0 radical (unpaired) electrons. The number of halogens is 3. The molecule has 1 aromatic rings. The average molecular weight is 234 g/mol. The van der Waals surface area contributed by atoms with Crippen molar-refractivity contribution in [3.8, 4) is 0 Å². The van der Waals surface area contributed by atoms with E-state index in [1.807, 2.05) is 0 Å². The number of aromatic nitrogens is 1. The van der Waals surface area contributed by atoms with Crippen LogP contribution in [0.15, 0.2) is 18.3 Å². The number of aliphatic hydroxyl groups excluding tert-OH is 1. The number of nitrogens with zero attached hydrogens (tertiary/aromatic N) is 2. The molecule has 6 heteroatoms. The molecule has 0 spiro atoms. The number of alkyl halides is 3. The molecule has 3 nitrogen and oxygen atoms in total. The molecule has 90 valence electrons. The maximum absolute atomic E-state index is 12.2. The summed E-state index contributed by atoms with van der Waals surface area (Å²) in [6, 6.07) is 3.01. The van der Waals surface area contributed by atoms with E-state index in [-0.39, 0.29) is 19.0 Å². The van der Waals surface area contributed by atoms with Gasteiger partial charge in [0.2, 0.25) is 0 Å². The zero-order valence-electron chi connectivity index (χ0n) is 8.83. The van der Waals surface area contributed by atoms with E-state index >= 15 is 0 Å². The molecule has 0 bridgehead atoms. The molecule has 0 fully saturated rings. The molecule has 0 aliphatic heterocycles. The van der Waals surface area contributed by atoms with Crippen LogP contribution in [-0.2, 0) is 6.61 Å². The summed E-state index contributed by atoms with van der Waals surface area (Å²) in [4.78, 5) is 4.97. The third-order valence-corrected chi connectivity index (χ3v) is 2.07. The summed E-state index contributed by atoms with van der Waals surface area (Å²) in [5.41, 5.74) is 0.547. The van der Waals surface area contributed by atoms with Crippen LogP contribution in [0, 0.1) is 0 Å². The predicted molar refractivity (Wildman–Crippen MR) is 54.1 cm³/mol. The first-order valence-electron chi connectivity index (χ1n) is 4.83. The molecule has 1 rings (SSSR count). The van der Waals surface area contributed by atoms with E-state index in [4.69, 9.17) is 5.11 Å². The lowest BCUT2D eigenvalue weighted by Crippen LogP contribution is -2.34. The van der Waals surface area contributed by atoms with E-state index in [1.54, 1.807) is 13.0 Å². The first kappa shape index (κ1) is 12.8. The van der Waals surface area contributed by atoms with Crippen molar-refractivity contribution >= 4 is 5.82 Å². The van der Waals surface area contributed by atoms with Crippen LogP contribution in [0.2, 0.25) is 0 Å². The molecule has 1 N–H and O–H groups in total. The maximum atomic E-state index is 12.2. The summed E-state index contributed by atoms with van der Waals surface area (Å²) < 4.78 is 36.7. The minimum absolute atomic E-state index is 0.209. The van der Waals surface area contributed by atoms with Crippen molar-refractivity contribution in [3.05, 3.63) is 23.9 Å². The monoisotopic (exact) mass is 234 g/mol. The van der Waals surface area contributed by atoms with Gasteiger partial charge in [-0.3, -0.25) is 0 Å². The molecular weight excluding hydrogens is 221 g/mol. The maximum Gasteiger partial charge on any atom is 0.405 e. The van der Waals surface area contributed by atoms with E-state index in [0.29, 0.717) is 5.56 Å². The lowest BCUT2D eigenvalue weighted by Gasteiger charge is -2.23. The van der Waals surface area contributed by atoms with Gasteiger partial charge in [0.05, 0.1) is 6.61 Å². The molecule has 0 aliphatic carbocycles. The molecule has 0 saturated carbocycles. The van der Waals surface area contributed by atoms with E-state index in [9.17, 15) is 13.2 Å². The second-order valence-electron chi connectivity index (χ2n) is 3.31. The predicted octanol–water partition coefficient (Wildman–Crippen LogP) is 1.96. The Kier molecular flexibility index (Phi) is 4.12. The Morgan fingerprint density at radius 3 is 2.62 bits per heavy atom. The van der Waals surface area contributed by atoms with Gasteiger partial charge in [0.15, 0.2) is 0 Å². The SMILES string of the molecule is CCN(CC(F)(F)F)c1cc(CO)ccn1. The first-order valence-corrected chi connectivity index (χ1v) is 4.83. The Morgan fingerprint density at radius 1 is 1.44 bits per heavy atom. The fraction of sp³-hybridized carbons (Fsp3) is 0.500. The van der Waals surface area contributed by atoms with Crippen LogP contribution in [0.5, 0.6) is 0 Å². The van der Waals surface area contributed by atoms with Crippen LogP contribution in [0.1, 0.15) is 12.5 Å². The Hall–Kier alpha value is -1.30. The molecule has 0 atom stereocenters. The lowest BCUT2D eigenvalue weighted by atomic mass is 10.2. The van der Waals surface area contributed by atoms with Crippen molar-refractivity contribution < 1.29 is 18.3 Å². The normalized spacial score (nSPS) is 11.6. The highest BCUT2D eigenvalue weighted by Crippen LogP contribution is 2.20. The van der Waals surface area contributed by atoms with Gasteiger partial charge in [-0.15, -0.1) is 0 Å². The first-order chi connectivity index (χ1) is 7.46. The van der Waals surface area contributed by atoms with Crippen LogP contribution in [0.25, 0.3) is 0 Å². The average Bonchev–Trinajstić information content (AvgIpc) is 2.25. The number of anilines is 1. The Balaban J connectivity index is 2.86. The van der Waals surface area contributed by atoms with Crippen LogP contribution in [0.4, 0.5) is 19.0 Å². The van der Waals surface area contributed by atoms with E-state index in [2.05, 4.69) is 4.98 Å². The van der Waals surface area contributed by atoms with Gasteiger partial charge in [0, 0.05) is 12.7 Å². The molecule has 0 amide bonds. The highest BCUT2D eigenvalue weighted by atomic mass is 19.4. The second-order valence-corrected chi connectivity index (χ2v) is 3.31. The minimum atomic E-state index is -4.26. The molecule has 0 aromatic carbocycles. The van der Waals surface area contributed by atoms with Gasteiger partial charge in [-0.1, -0.05) is 0 Å². The van der Waals surface area contributed by atoms with E-state index in [1.165, 1.54) is 12.3 Å². The Labute approximate surface area is 91.5 Å². The van der Waals surface area contributed by atoms with Crippen LogP contribution >= 0.6 is 0 Å². The van der Waals surface area contributed by atoms with Crippen molar-refractivity contribution in [2.24, 2.45) is 0 Å². The van der Waals surface area contributed by atoms with E-state index < -0.39 is 12.7 Å². The van der Waals surface area contributed by atoms with Crippen LogP contribution in [0.3, 0.4) is 0 Å². The van der Waals surface area contributed by atoms with Gasteiger partial charge in [0.25, 0.3) is 0 Å². The lowest BCUT2D eigenvalue weighted by molar-refractivity contribution is -0.119. The number of hydrogen-bond donors (Lipinski definition) is 1. The van der Waals surface area contributed by atoms with Gasteiger partial charge in [-0.05, 0) is 24.6 Å².